The van der Waals surface area contributed by atoms with Crippen LogP contribution in [0.5, 0.6) is 5.75 Å². The number of benzene rings is 1. The third-order valence-electron chi connectivity index (χ3n) is 9.49. The molecule has 0 radical (unpaired) electrons. The summed E-state index contributed by atoms with van der Waals surface area (Å²) >= 11 is 0. The number of aliphatic hydroxyl groups is 1. The maximum Gasteiger partial charge on any atom is 0.251 e. The molecule has 1 aromatic carbocycles. The van der Waals surface area contributed by atoms with Crippen LogP contribution >= 0.6 is 0 Å². The Balaban J connectivity index is 0.941. The van der Waals surface area contributed by atoms with Crippen molar-refractivity contribution in [2.24, 2.45) is 0 Å². The van der Waals surface area contributed by atoms with Crippen LogP contribution in [0.4, 0.5) is 11.6 Å². The first-order valence-electron chi connectivity index (χ1n) is 16.0. The highest BCUT2D eigenvalue weighted by Crippen LogP contribution is 2.35. The number of morpholine rings is 1. The first-order valence-corrected chi connectivity index (χ1v) is 16.0. The van der Waals surface area contributed by atoms with E-state index < -0.39 is 6.10 Å². The van der Waals surface area contributed by atoms with Gasteiger partial charge in [0.05, 0.1) is 37.1 Å². The van der Waals surface area contributed by atoms with Gasteiger partial charge in [-0.15, -0.1) is 0 Å². The SMILES string of the molecule is Cc1ncoc1COc1ccc2c(c1)CCN(C[C@@H](O)CNC(=O)c1cc(NC3CCC3)nc(N3C4CCC3COC4)c1)C2. The molecule has 3 N–H and O–H groups in total. The monoisotopic (exact) mass is 602 g/mol. The largest absolute Gasteiger partial charge is 0.486 e. The minimum Gasteiger partial charge on any atom is -0.486 e. The molecule has 7 rings (SSSR count). The number of nitrogens with one attached hydrogen (secondary N) is 2. The molecule has 11 heteroatoms. The second-order valence-corrected chi connectivity index (χ2v) is 12.6. The lowest BCUT2D eigenvalue weighted by Gasteiger charge is -2.36. The number of fused-ring (bicyclic) bond motifs is 3. The number of carbonyl (C=O) groups excluding carboxylic acids is 1. The summed E-state index contributed by atoms with van der Waals surface area (Å²) in [5.74, 6) is 2.93. The van der Waals surface area contributed by atoms with Crippen LogP contribution in [-0.2, 0) is 24.3 Å². The maximum absolute atomic E-state index is 13.4. The predicted octanol–water partition coefficient (Wildman–Crippen LogP) is 3.44. The Hall–Kier alpha value is -3.67. The fraction of sp³-hybridized carbons (Fsp3) is 0.545. The number of hydrogen-bond donors (Lipinski definition) is 3. The molecule has 1 aliphatic carbocycles. The summed E-state index contributed by atoms with van der Waals surface area (Å²) in [4.78, 5) is 27.0. The van der Waals surface area contributed by atoms with Crippen LogP contribution in [0.2, 0.25) is 0 Å². The number of hydrogen-bond acceptors (Lipinski definition) is 10. The number of anilines is 2. The molecule has 2 unspecified atom stereocenters. The molecule has 1 amide bonds. The minimum absolute atomic E-state index is 0.182. The van der Waals surface area contributed by atoms with Crippen molar-refractivity contribution in [3.05, 3.63) is 64.9 Å². The number of carbonyl (C=O) groups is 1. The van der Waals surface area contributed by atoms with E-state index in [1.54, 1.807) is 0 Å². The molecule has 4 aliphatic rings. The smallest absolute Gasteiger partial charge is 0.251 e. The van der Waals surface area contributed by atoms with Gasteiger partial charge >= 0.3 is 0 Å². The molecule has 3 aromatic rings. The zero-order valence-corrected chi connectivity index (χ0v) is 25.3. The average molecular weight is 603 g/mol. The van der Waals surface area contributed by atoms with Gasteiger partial charge in [-0.25, -0.2) is 9.97 Å². The van der Waals surface area contributed by atoms with Crippen molar-refractivity contribution in [3.8, 4) is 5.75 Å². The van der Waals surface area contributed by atoms with Gasteiger partial charge in [-0.05, 0) is 80.8 Å². The highest BCUT2D eigenvalue weighted by molar-refractivity contribution is 5.95. The zero-order valence-electron chi connectivity index (χ0n) is 25.3. The molecular weight excluding hydrogens is 560 g/mol. The average Bonchev–Trinajstić information content (AvgIpc) is 3.54. The summed E-state index contributed by atoms with van der Waals surface area (Å²) in [7, 11) is 0. The fourth-order valence-electron chi connectivity index (χ4n) is 6.74. The lowest BCUT2D eigenvalue weighted by atomic mass is 9.93. The summed E-state index contributed by atoms with van der Waals surface area (Å²) < 4.78 is 17.1. The molecule has 44 heavy (non-hydrogen) atoms. The molecule has 0 spiro atoms. The van der Waals surface area contributed by atoms with Crippen molar-refractivity contribution in [2.45, 2.75) is 82.8 Å². The second-order valence-electron chi connectivity index (χ2n) is 12.6. The van der Waals surface area contributed by atoms with E-state index in [4.69, 9.17) is 18.9 Å². The van der Waals surface area contributed by atoms with Crippen molar-refractivity contribution in [1.29, 1.82) is 0 Å². The lowest BCUT2D eigenvalue weighted by Crippen LogP contribution is -2.46. The van der Waals surface area contributed by atoms with Gasteiger partial charge in [0.2, 0.25) is 0 Å². The van der Waals surface area contributed by atoms with Gasteiger partial charge in [-0.1, -0.05) is 6.07 Å². The number of aliphatic hydroxyl groups excluding tert-OH is 1. The number of β-amino-alcohol motifs (C(OH)–C–C–N with tert-alkyl or cyclic N) is 1. The van der Waals surface area contributed by atoms with Gasteiger partial charge in [0.25, 0.3) is 5.91 Å². The molecule has 3 aliphatic heterocycles. The van der Waals surface area contributed by atoms with Crippen molar-refractivity contribution in [2.75, 3.05) is 43.1 Å². The summed E-state index contributed by atoms with van der Waals surface area (Å²) in [6.45, 7) is 5.89. The van der Waals surface area contributed by atoms with Gasteiger partial charge < -0.3 is 34.5 Å². The highest BCUT2D eigenvalue weighted by atomic mass is 16.5. The van der Waals surface area contributed by atoms with E-state index in [0.29, 0.717) is 50.1 Å². The number of oxazole rings is 1. The van der Waals surface area contributed by atoms with Gasteiger partial charge in [0, 0.05) is 37.8 Å². The number of rotatable bonds is 11. The van der Waals surface area contributed by atoms with Crippen molar-refractivity contribution >= 4 is 17.5 Å². The summed E-state index contributed by atoms with van der Waals surface area (Å²) in [6.07, 6.45) is 7.26. The lowest BCUT2D eigenvalue weighted by molar-refractivity contribution is 0.0841. The van der Waals surface area contributed by atoms with Crippen LogP contribution in [0.3, 0.4) is 0 Å². The van der Waals surface area contributed by atoms with E-state index >= 15 is 0 Å². The first-order chi connectivity index (χ1) is 21.5. The van der Waals surface area contributed by atoms with Gasteiger partial charge in [0.1, 0.15) is 24.0 Å². The molecule has 1 saturated carbocycles. The molecule has 2 bridgehead atoms. The summed E-state index contributed by atoms with van der Waals surface area (Å²) in [5.41, 5.74) is 3.88. The molecule has 2 aromatic heterocycles. The Morgan fingerprint density at radius 2 is 1.98 bits per heavy atom. The Bertz CT molecular complexity index is 1460. The second kappa shape index (κ2) is 12.7. The predicted molar refractivity (Wildman–Crippen MR) is 165 cm³/mol. The number of ether oxygens (including phenoxy) is 2. The van der Waals surface area contributed by atoms with E-state index in [1.807, 2.05) is 25.1 Å². The first kappa shape index (κ1) is 29.1. The van der Waals surface area contributed by atoms with Crippen LogP contribution in [0.1, 0.15) is 65.0 Å². The molecule has 3 atom stereocenters. The standard InChI is InChI=1S/C33H42N6O5/c1-21-30(44-20-35-21)19-43-29-8-5-23-15-38(10-9-22(23)11-29)16-28(40)14-34-33(41)24-12-31(36-25-3-2-4-25)37-32(13-24)39-26-6-7-27(39)18-42-17-26/h5,8,11-13,20,25-28,40H,2-4,6-7,9-10,14-19H2,1H3,(H,34,41)(H,36,37)/t26?,27?,28-/m0/s1. The van der Waals surface area contributed by atoms with Crippen molar-refractivity contribution in [1.82, 2.24) is 20.2 Å². The molecule has 2 saturated heterocycles. The van der Waals surface area contributed by atoms with E-state index in [0.717, 1.165) is 74.0 Å². The van der Waals surface area contributed by atoms with Crippen LogP contribution < -0.4 is 20.3 Å². The quantitative estimate of drug-likeness (QED) is 0.301. The summed E-state index contributed by atoms with van der Waals surface area (Å²) in [6, 6.07) is 10.9. The third kappa shape index (κ3) is 6.40. The topological polar surface area (TPSA) is 125 Å². The number of amides is 1. The number of pyridine rings is 1. The van der Waals surface area contributed by atoms with Crippen LogP contribution in [0.25, 0.3) is 0 Å². The maximum atomic E-state index is 13.4. The minimum atomic E-state index is -0.683. The van der Waals surface area contributed by atoms with Gasteiger partial charge in [-0.2, -0.15) is 0 Å². The number of aromatic nitrogens is 2. The zero-order chi connectivity index (χ0) is 30.0. The number of nitrogens with zero attached hydrogens (tertiary/aromatic N) is 4. The summed E-state index contributed by atoms with van der Waals surface area (Å²) in [5, 5.41) is 17.4. The van der Waals surface area contributed by atoms with Crippen molar-refractivity contribution < 1.29 is 23.8 Å². The molecular formula is C33H42N6O5. The van der Waals surface area contributed by atoms with E-state index in [-0.39, 0.29) is 12.5 Å². The third-order valence-corrected chi connectivity index (χ3v) is 9.49. The Labute approximate surface area is 257 Å². The van der Waals surface area contributed by atoms with Gasteiger partial charge in [-0.3, -0.25) is 9.69 Å². The Morgan fingerprint density at radius 1 is 1.14 bits per heavy atom. The molecule has 3 fully saturated rings. The fourth-order valence-corrected chi connectivity index (χ4v) is 6.74. The Morgan fingerprint density at radius 3 is 2.73 bits per heavy atom. The molecule has 5 heterocycles. The normalized spacial score (nSPS) is 22.3. The van der Waals surface area contributed by atoms with Gasteiger partial charge in [0.15, 0.2) is 12.2 Å². The van der Waals surface area contributed by atoms with E-state index in [9.17, 15) is 9.90 Å². The van der Waals surface area contributed by atoms with E-state index in [1.165, 1.54) is 23.9 Å². The number of aryl methyl sites for hydroxylation is 1. The highest BCUT2D eigenvalue weighted by Gasteiger charge is 2.38. The van der Waals surface area contributed by atoms with Crippen molar-refractivity contribution in [3.63, 3.8) is 0 Å². The van der Waals surface area contributed by atoms with Crippen LogP contribution in [0.15, 0.2) is 41.1 Å². The Kier molecular flexibility index (Phi) is 8.42. The molecule has 11 nitrogen and oxygen atoms in total. The van der Waals surface area contributed by atoms with E-state index in [2.05, 4.69) is 37.6 Å². The van der Waals surface area contributed by atoms with Crippen LogP contribution in [-0.4, -0.2) is 83.0 Å². The van der Waals surface area contributed by atoms with Crippen LogP contribution in [0, 0.1) is 6.92 Å². The molecule has 234 valence electrons.